The summed E-state index contributed by atoms with van der Waals surface area (Å²) in [6, 6.07) is 4.65. The maximum absolute atomic E-state index is 14.3. The molecule has 2 fully saturated rings. The van der Waals surface area contributed by atoms with Crippen LogP contribution in [0.4, 0.5) is 15.9 Å². The molecule has 2 aliphatic heterocycles. The number of aliphatic hydroxyl groups excluding tert-OH is 2. The number of fused-ring (bicyclic) bond motifs is 3. The summed E-state index contributed by atoms with van der Waals surface area (Å²) >= 11 is 6.34. The minimum absolute atomic E-state index is 0.128. The maximum Gasteiger partial charge on any atom is 0.340 e. The molecule has 3 aliphatic rings. The van der Waals surface area contributed by atoms with Crippen molar-refractivity contribution in [3.05, 3.63) is 41.2 Å². The molecule has 5 atom stereocenters. The number of halogens is 2. The topological polar surface area (TPSA) is 201 Å². The van der Waals surface area contributed by atoms with Crippen LogP contribution < -0.4 is 4.90 Å². The van der Waals surface area contributed by atoms with Crippen LogP contribution in [0.2, 0.25) is 5.28 Å². The molecule has 5 N–H and O–H groups in total. The lowest BCUT2D eigenvalue weighted by atomic mass is 9.81. The summed E-state index contributed by atoms with van der Waals surface area (Å²) in [5, 5.41) is 21.2. The first kappa shape index (κ1) is 29.1. The molecular weight excluding hydrogens is 607 g/mol. The molecule has 1 saturated heterocycles. The smallest absolute Gasteiger partial charge is 0.340 e. The molecule has 1 aromatic carbocycles. The fourth-order valence-corrected chi connectivity index (χ4v) is 8.85. The van der Waals surface area contributed by atoms with Gasteiger partial charge >= 0.3 is 15.2 Å². The second-order valence-corrected chi connectivity index (χ2v) is 15.0. The van der Waals surface area contributed by atoms with Crippen molar-refractivity contribution in [1.82, 2.24) is 19.5 Å². The third kappa shape index (κ3) is 5.33. The molecule has 14 nitrogen and oxygen atoms in total. The molecule has 4 heterocycles. The molecule has 1 aliphatic carbocycles. The Bertz CT molecular complexity index is 1600. The molecule has 0 amide bonds. The van der Waals surface area contributed by atoms with Crippen LogP contribution in [-0.2, 0) is 23.8 Å². The van der Waals surface area contributed by atoms with Gasteiger partial charge in [0.1, 0.15) is 24.1 Å². The molecule has 3 aromatic rings. The average molecular weight is 634 g/mol. The van der Waals surface area contributed by atoms with E-state index in [0.29, 0.717) is 17.9 Å². The number of imidazole rings is 1. The van der Waals surface area contributed by atoms with Crippen molar-refractivity contribution in [1.29, 1.82) is 0 Å². The summed E-state index contributed by atoms with van der Waals surface area (Å²) in [6.45, 7) is -0.197. The quantitative estimate of drug-likeness (QED) is 0.188. The van der Waals surface area contributed by atoms with Crippen molar-refractivity contribution in [2.24, 2.45) is 0 Å². The van der Waals surface area contributed by atoms with E-state index in [2.05, 4.69) is 15.0 Å². The number of nitrogens with zero attached hydrogens (tertiary/aromatic N) is 5. The van der Waals surface area contributed by atoms with Crippen LogP contribution in [0.5, 0.6) is 0 Å². The first-order chi connectivity index (χ1) is 19.3. The number of benzene rings is 1. The standard InChI is InChI=1S/C23H27ClFN5O9P2/c24-22-27-19(29-9-23(5-1-2-6-23)13-7-12(25)3-4-14(13)29)16-20(28-22)30(10-26-16)21-18(32)17(31)15(39-21)8-38-41(36,37)11-40(33,34)35/h3-4,7,10,15,17-18,21,31-32H,1-2,5-6,8-9,11H2,(H,36,37)(H2,33,34,35). The Hall–Kier alpha value is -2.03. The molecule has 1 saturated carbocycles. The summed E-state index contributed by atoms with van der Waals surface area (Å²) in [5.74, 6) is -1.36. The number of hydrogen-bond acceptors (Lipinski definition) is 10. The van der Waals surface area contributed by atoms with E-state index in [1.807, 2.05) is 4.90 Å². The van der Waals surface area contributed by atoms with E-state index in [-0.39, 0.29) is 22.2 Å². The van der Waals surface area contributed by atoms with Gasteiger partial charge in [-0.25, -0.2) is 9.37 Å². The molecule has 18 heteroatoms. The van der Waals surface area contributed by atoms with Crippen molar-refractivity contribution in [2.75, 3.05) is 24.0 Å². The van der Waals surface area contributed by atoms with Crippen LogP contribution in [0.3, 0.4) is 0 Å². The number of aliphatic hydroxyl groups is 2. The van der Waals surface area contributed by atoms with Crippen molar-refractivity contribution < 1.29 is 47.7 Å². The van der Waals surface area contributed by atoms with Gasteiger partial charge in [0.25, 0.3) is 0 Å². The highest BCUT2D eigenvalue weighted by Gasteiger charge is 2.48. The van der Waals surface area contributed by atoms with Crippen LogP contribution in [-0.4, -0.2) is 81.8 Å². The van der Waals surface area contributed by atoms with Crippen molar-refractivity contribution in [2.45, 2.75) is 55.6 Å². The summed E-state index contributed by atoms with van der Waals surface area (Å²) in [5.41, 5.74) is 1.93. The number of aromatic nitrogens is 4. The summed E-state index contributed by atoms with van der Waals surface area (Å²) in [6.07, 6.45) is -0.597. The molecule has 6 rings (SSSR count). The van der Waals surface area contributed by atoms with Crippen molar-refractivity contribution in [3.8, 4) is 0 Å². The van der Waals surface area contributed by atoms with Gasteiger partial charge in [-0.05, 0) is 48.2 Å². The minimum atomic E-state index is -4.86. The zero-order valence-electron chi connectivity index (χ0n) is 21.3. The molecule has 2 aromatic heterocycles. The Morgan fingerprint density at radius 3 is 2.59 bits per heavy atom. The summed E-state index contributed by atoms with van der Waals surface area (Å²) < 4.78 is 49.3. The molecule has 1 spiro atoms. The van der Waals surface area contributed by atoms with Crippen molar-refractivity contribution >= 4 is 49.5 Å². The Morgan fingerprint density at radius 1 is 1.15 bits per heavy atom. The second-order valence-electron chi connectivity index (χ2n) is 10.7. The maximum atomic E-state index is 14.3. The van der Waals surface area contributed by atoms with Gasteiger partial charge in [-0.2, -0.15) is 9.97 Å². The van der Waals surface area contributed by atoms with Crippen LogP contribution in [0, 0.1) is 5.82 Å². The van der Waals surface area contributed by atoms with Crippen molar-refractivity contribution in [3.63, 3.8) is 0 Å². The molecular formula is C23H27ClFN5O9P2. The lowest BCUT2D eigenvalue weighted by Crippen LogP contribution is -2.33. The fraction of sp³-hybridized carbons (Fsp3) is 0.522. The molecule has 5 unspecified atom stereocenters. The van der Waals surface area contributed by atoms with E-state index in [9.17, 15) is 28.6 Å². The zero-order chi connectivity index (χ0) is 29.3. The van der Waals surface area contributed by atoms with Crippen LogP contribution in [0.25, 0.3) is 11.2 Å². The number of ether oxygens (including phenoxy) is 1. The van der Waals surface area contributed by atoms with E-state index in [1.54, 1.807) is 12.1 Å². The molecule has 222 valence electrons. The number of rotatable bonds is 7. The predicted octanol–water partition coefficient (Wildman–Crippen LogP) is 2.54. The lowest BCUT2D eigenvalue weighted by molar-refractivity contribution is -0.0483. The highest BCUT2D eigenvalue weighted by atomic mass is 35.5. The number of hydrogen-bond donors (Lipinski definition) is 5. The van der Waals surface area contributed by atoms with E-state index in [4.69, 9.17) is 30.6 Å². The first-order valence-electron chi connectivity index (χ1n) is 12.8. The monoisotopic (exact) mass is 633 g/mol. The second kappa shape index (κ2) is 10.3. The largest absolute Gasteiger partial charge is 0.387 e. The van der Waals surface area contributed by atoms with Crippen LogP contribution >= 0.6 is 26.8 Å². The third-order valence-corrected chi connectivity index (χ3v) is 11.5. The zero-order valence-corrected chi connectivity index (χ0v) is 23.9. The first-order valence-corrected chi connectivity index (χ1v) is 16.7. The predicted molar refractivity (Wildman–Crippen MR) is 142 cm³/mol. The molecule has 0 bridgehead atoms. The Kier molecular flexibility index (Phi) is 7.30. The van der Waals surface area contributed by atoms with Crippen LogP contribution in [0.15, 0.2) is 24.5 Å². The van der Waals surface area contributed by atoms with Gasteiger partial charge in [-0.3, -0.25) is 13.7 Å². The van der Waals surface area contributed by atoms with Gasteiger partial charge in [0.2, 0.25) is 5.28 Å². The van der Waals surface area contributed by atoms with Gasteiger partial charge in [0.15, 0.2) is 29.1 Å². The highest BCUT2D eigenvalue weighted by Crippen LogP contribution is 2.56. The minimum Gasteiger partial charge on any atom is -0.387 e. The van der Waals surface area contributed by atoms with E-state index in [0.717, 1.165) is 36.9 Å². The normalized spacial score (nSPS) is 27.1. The fourth-order valence-electron chi connectivity index (χ4n) is 6.12. The highest BCUT2D eigenvalue weighted by molar-refractivity contribution is 7.70. The summed E-state index contributed by atoms with van der Waals surface area (Å²) in [4.78, 5) is 42.8. The van der Waals surface area contributed by atoms with E-state index < -0.39 is 52.2 Å². The van der Waals surface area contributed by atoms with E-state index in [1.165, 1.54) is 17.0 Å². The SMILES string of the molecule is O=P(O)(O)CP(=O)(O)OCC1OC(n2cnc3c(N4CC5(CCCC5)c5cc(F)ccc54)nc(Cl)nc32)C(O)C1O. The Morgan fingerprint density at radius 2 is 1.88 bits per heavy atom. The van der Waals surface area contributed by atoms with Crippen LogP contribution in [0.1, 0.15) is 37.5 Å². The van der Waals surface area contributed by atoms with Gasteiger partial charge in [0.05, 0.1) is 12.9 Å². The summed E-state index contributed by atoms with van der Waals surface area (Å²) in [7, 11) is -9.58. The third-order valence-electron chi connectivity index (χ3n) is 7.89. The molecule has 41 heavy (non-hydrogen) atoms. The molecule has 0 radical (unpaired) electrons. The van der Waals surface area contributed by atoms with Gasteiger partial charge in [-0.1, -0.05) is 12.8 Å². The van der Waals surface area contributed by atoms with Gasteiger partial charge in [-0.15, -0.1) is 0 Å². The van der Waals surface area contributed by atoms with E-state index >= 15 is 0 Å². The Balaban J connectivity index is 1.31. The van der Waals surface area contributed by atoms with Gasteiger partial charge < -0.3 is 39.1 Å². The number of anilines is 2. The Labute approximate surface area is 237 Å². The van der Waals surface area contributed by atoms with Gasteiger partial charge in [0, 0.05) is 17.6 Å². The lowest BCUT2D eigenvalue weighted by Gasteiger charge is -2.25. The average Bonchev–Trinajstić information content (AvgIpc) is 3.64.